The highest BCUT2D eigenvalue weighted by Gasteiger charge is 2.13. The topological polar surface area (TPSA) is 42.2 Å². The number of aromatic carboxylic acids is 1. The maximum absolute atomic E-state index is 11.3. The molecule has 0 unspecified atom stereocenters. The van der Waals surface area contributed by atoms with Gasteiger partial charge < -0.3 is 9.67 Å². The minimum atomic E-state index is -0.872. The molecule has 1 heterocycles. The van der Waals surface area contributed by atoms with E-state index < -0.39 is 5.97 Å². The molecule has 3 heteroatoms. The first-order chi connectivity index (χ1) is 8.59. The lowest BCUT2D eigenvalue weighted by Gasteiger charge is -2.06. The molecule has 0 radical (unpaired) electrons. The molecule has 0 aliphatic heterocycles. The van der Waals surface area contributed by atoms with Crippen molar-refractivity contribution >= 4 is 16.9 Å². The minimum Gasteiger partial charge on any atom is -0.477 e. The van der Waals surface area contributed by atoms with Crippen molar-refractivity contribution in [2.24, 2.45) is 0 Å². The van der Waals surface area contributed by atoms with E-state index in [4.69, 9.17) is 0 Å². The number of aryl methyl sites for hydroxylation is 1. The third kappa shape index (κ3) is 2.45. The predicted molar refractivity (Wildman–Crippen MR) is 72.9 cm³/mol. The van der Waals surface area contributed by atoms with Crippen LogP contribution in [-0.4, -0.2) is 15.6 Å². The molecule has 0 aliphatic rings. The average molecular weight is 243 g/mol. The van der Waals surface area contributed by atoms with Gasteiger partial charge >= 0.3 is 5.97 Å². The molecule has 0 atom stereocenters. The second-order valence-corrected chi connectivity index (χ2v) is 4.62. The molecule has 0 saturated heterocycles. The van der Waals surface area contributed by atoms with Crippen molar-refractivity contribution in [1.82, 2.24) is 4.57 Å². The summed E-state index contributed by atoms with van der Waals surface area (Å²) in [5.74, 6) is -0.872. The zero-order valence-corrected chi connectivity index (χ0v) is 10.7. The summed E-state index contributed by atoms with van der Waals surface area (Å²) in [6.45, 7) is 4.79. The Bertz CT molecular complexity index is 604. The monoisotopic (exact) mass is 243 g/mol. The van der Waals surface area contributed by atoms with E-state index in [2.05, 4.69) is 6.08 Å². The van der Waals surface area contributed by atoms with Crippen molar-refractivity contribution < 1.29 is 9.90 Å². The number of hydrogen-bond acceptors (Lipinski definition) is 1. The molecular formula is C15H17NO2. The number of para-hydroxylation sites is 1. The number of hydrogen-bond donors (Lipinski definition) is 1. The molecule has 0 spiro atoms. The van der Waals surface area contributed by atoms with Gasteiger partial charge in [-0.3, -0.25) is 0 Å². The fraction of sp³-hybridized carbons (Fsp3) is 0.267. The van der Waals surface area contributed by atoms with Gasteiger partial charge in [0.2, 0.25) is 0 Å². The maximum atomic E-state index is 11.3. The van der Waals surface area contributed by atoms with Crippen LogP contribution in [0, 0.1) is 0 Å². The van der Waals surface area contributed by atoms with Crippen LogP contribution in [0.15, 0.2) is 42.0 Å². The summed E-state index contributed by atoms with van der Waals surface area (Å²) in [5.41, 5.74) is 2.60. The van der Waals surface area contributed by atoms with Gasteiger partial charge in [-0.25, -0.2) is 4.79 Å². The molecule has 0 saturated carbocycles. The van der Waals surface area contributed by atoms with E-state index in [1.54, 1.807) is 6.07 Å². The number of carboxylic acids is 1. The molecule has 1 aromatic heterocycles. The van der Waals surface area contributed by atoms with Gasteiger partial charge in [0.1, 0.15) is 5.69 Å². The average Bonchev–Trinajstić information content (AvgIpc) is 2.68. The molecule has 2 rings (SSSR count). The maximum Gasteiger partial charge on any atom is 0.352 e. The largest absolute Gasteiger partial charge is 0.477 e. The first kappa shape index (κ1) is 12.4. The summed E-state index contributed by atoms with van der Waals surface area (Å²) in [7, 11) is 0. The Morgan fingerprint density at radius 3 is 2.72 bits per heavy atom. The van der Waals surface area contributed by atoms with Crippen LogP contribution in [0.3, 0.4) is 0 Å². The Morgan fingerprint density at radius 2 is 2.06 bits per heavy atom. The van der Waals surface area contributed by atoms with Gasteiger partial charge in [-0.2, -0.15) is 0 Å². The Labute approximate surface area is 106 Å². The quantitative estimate of drug-likeness (QED) is 0.832. The lowest BCUT2D eigenvalue weighted by atomic mass is 10.2. The number of benzene rings is 1. The first-order valence-electron chi connectivity index (χ1n) is 6.04. The molecule has 3 nitrogen and oxygen atoms in total. The SMILES string of the molecule is CC(C)=CCCn1c(C(=O)O)cc2ccccc21. The van der Waals surface area contributed by atoms with Crippen molar-refractivity contribution in [3.8, 4) is 0 Å². The molecule has 0 amide bonds. The van der Waals surface area contributed by atoms with Crippen LogP contribution >= 0.6 is 0 Å². The summed E-state index contributed by atoms with van der Waals surface area (Å²) in [6.07, 6.45) is 2.97. The van der Waals surface area contributed by atoms with E-state index in [1.807, 2.05) is 42.7 Å². The van der Waals surface area contributed by atoms with Gasteiger partial charge in [0, 0.05) is 17.4 Å². The van der Waals surface area contributed by atoms with Crippen LogP contribution < -0.4 is 0 Å². The number of fused-ring (bicyclic) bond motifs is 1. The second kappa shape index (κ2) is 5.08. The summed E-state index contributed by atoms with van der Waals surface area (Å²) in [6, 6.07) is 9.50. The molecule has 0 bridgehead atoms. The first-order valence-corrected chi connectivity index (χ1v) is 6.04. The molecule has 2 aromatic rings. The van der Waals surface area contributed by atoms with Crippen LogP contribution in [-0.2, 0) is 6.54 Å². The lowest BCUT2D eigenvalue weighted by molar-refractivity contribution is 0.0685. The standard InChI is InChI=1S/C15H17NO2/c1-11(2)6-5-9-16-13-8-4-3-7-12(13)10-14(16)15(17)18/h3-4,6-8,10H,5,9H2,1-2H3,(H,17,18). The van der Waals surface area contributed by atoms with Crippen molar-refractivity contribution in [2.75, 3.05) is 0 Å². The van der Waals surface area contributed by atoms with Crippen molar-refractivity contribution in [2.45, 2.75) is 26.8 Å². The van der Waals surface area contributed by atoms with Crippen LogP contribution in [0.5, 0.6) is 0 Å². The number of nitrogens with zero attached hydrogens (tertiary/aromatic N) is 1. The Kier molecular flexibility index (Phi) is 3.51. The number of rotatable bonds is 4. The zero-order chi connectivity index (χ0) is 13.1. The fourth-order valence-corrected chi connectivity index (χ4v) is 2.11. The van der Waals surface area contributed by atoms with Gasteiger partial charge in [0.15, 0.2) is 0 Å². The van der Waals surface area contributed by atoms with Gasteiger partial charge in [-0.15, -0.1) is 0 Å². The molecule has 0 aliphatic carbocycles. The van der Waals surface area contributed by atoms with E-state index in [-0.39, 0.29) is 0 Å². The molecule has 0 fully saturated rings. The van der Waals surface area contributed by atoms with E-state index in [9.17, 15) is 9.90 Å². The molecule has 1 N–H and O–H groups in total. The third-order valence-electron chi connectivity index (χ3n) is 2.93. The van der Waals surface area contributed by atoms with E-state index in [0.29, 0.717) is 12.2 Å². The lowest BCUT2D eigenvalue weighted by Crippen LogP contribution is -2.08. The molecule has 94 valence electrons. The molecule has 1 aromatic carbocycles. The number of aromatic nitrogens is 1. The van der Waals surface area contributed by atoms with Crippen molar-refractivity contribution in [1.29, 1.82) is 0 Å². The summed E-state index contributed by atoms with van der Waals surface area (Å²) in [5, 5.41) is 10.2. The highest BCUT2D eigenvalue weighted by atomic mass is 16.4. The smallest absolute Gasteiger partial charge is 0.352 e. The summed E-state index contributed by atoms with van der Waals surface area (Å²) >= 11 is 0. The van der Waals surface area contributed by atoms with Crippen LogP contribution in [0.2, 0.25) is 0 Å². The van der Waals surface area contributed by atoms with Gasteiger partial charge in [0.25, 0.3) is 0 Å². The number of carbonyl (C=O) groups is 1. The fourth-order valence-electron chi connectivity index (χ4n) is 2.11. The van der Waals surface area contributed by atoms with Crippen LogP contribution in [0.4, 0.5) is 0 Å². The molecule has 18 heavy (non-hydrogen) atoms. The van der Waals surface area contributed by atoms with E-state index in [1.165, 1.54) is 5.57 Å². The highest BCUT2D eigenvalue weighted by molar-refractivity contribution is 5.94. The van der Waals surface area contributed by atoms with Crippen LogP contribution in [0.25, 0.3) is 10.9 Å². The number of allylic oxidation sites excluding steroid dienone is 2. The van der Waals surface area contributed by atoms with Crippen molar-refractivity contribution in [3.63, 3.8) is 0 Å². The molecular weight excluding hydrogens is 226 g/mol. The highest BCUT2D eigenvalue weighted by Crippen LogP contribution is 2.20. The van der Waals surface area contributed by atoms with Gasteiger partial charge in [-0.1, -0.05) is 29.8 Å². The third-order valence-corrected chi connectivity index (χ3v) is 2.93. The zero-order valence-electron chi connectivity index (χ0n) is 10.7. The Balaban J connectivity index is 2.42. The number of carboxylic acid groups (broad SMARTS) is 1. The van der Waals surface area contributed by atoms with E-state index in [0.717, 1.165) is 17.3 Å². The van der Waals surface area contributed by atoms with Crippen LogP contribution in [0.1, 0.15) is 30.8 Å². The van der Waals surface area contributed by atoms with Gasteiger partial charge in [-0.05, 0) is 32.4 Å². The summed E-state index contributed by atoms with van der Waals surface area (Å²) < 4.78 is 1.87. The van der Waals surface area contributed by atoms with Gasteiger partial charge in [0.05, 0.1) is 0 Å². The Hall–Kier alpha value is -2.03. The minimum absolute atomic E-state index is 0.360. The van der Waals surface area contributed by atoms with Crippen molar-refractivity contribution in [3.05, 3.63) is 47.7 Å². The summed E-state index contributed by atoms with van der Waals surface area (Å²) in [4.78, 5) is 11.3. The Morgan fingerprint density at radius 1 is 1.33 bits per heavy atom. The second-order valence-electron chi connectivity index (χ2n) is 4.62. The normalized spacial score (nSPS) is 10.6. The predicted octanol–water partition coefficient (Wildman–Crippen LogP) is 3.70. The van der Waals surface area contributed by atoms with E-state index >= 15 is 0 Å².